The van der Waals surface area contributed by atoms with Gasteiger partial charge in [-0.3, -0.25) is 4.99 Å². The average molecular weight is 284 g/mol. The van der Waals surface area contributed by atoms with E-state index in [1.165, 1.54) is 6.07 Å². The number of halogens is 1. The van der Waals surface area contributed by atoms with Crippen LogP contribution in [0.3, 0.4) is 0 Å². The highest BCUT2D eigenvalue weighted by atomic mass is 35.5. The van der Waals surface area contributed by atoms with Crippen molar-refractivity contribution in [1.82, 2.24) is 0 Å². The highest BCUT2D eigenvalue weighted by Gasteiger charge is 1.98. The lowest BCUT2D eigenvalue weighted by atomic mass is 10.2. The van der Waals surface area contributed by atoms with E-state index in [0.29, 0.717) is 10.6 Å². The van der Waals surface area contributed by atoms with Crippen LogP contribution in [-0.4, -0.2) is 6.21 Å². The van der Waals surface area contributed by atoms with Crippen molar-refractivity contribution >= 4 is 34.5 Å². The standard InChI is InChI=1S/C16H10ClNO2/c17-13-5-1-11(2-6-13)10-18-14-7-3-12-4-8-16(19)20-15(12)9-14/h1-10H. The van der Waals surface area contributed by atoms with Gasteiger partial charge in [-0.25, -0.2) is 4.79 Å². The molecule has 1 heterocycles. The number of hydrogen-bond acceptors (Lipinski definition) is 3. The maximum atomic E-state index is 11.2. The Balaban J connectivity index is 1.94. The number of rotatable bonds is 2. The molecule has 0 aliphatic carbocycles. The van der Waals surface area contributed by atoms with Crippen LogP contribution >= 0.6 is 11.6 Å². The van der Waals surface area contributed by atoms with Crippen molar-refractivity contribution in [3.8, 4) is 0 Å². The second-order valence-corrected chi connectivity index (χ2v) is 4.72. The molecule has 3 nitrogen and oxygen atoms in total. The maximum absolute atomic E-state index is 11.2. The summed E-state index contributed by atoms with van der Waals surface area (Å²) >= 11 is 5.82. The van der Waals surface area contributed by atoms with E-state index in [2.05, 4.69) is 4.99 Å². The van der Waals surface area contributed by atoms with Crippen molar-refractivity contribution in [3.05, 3.63) is 75.6 Å². The Hall–Kier alpha value is -2.39. The molecule has 3 rings (SSSR count). The van der Waals surface area contributed by atoms with Gasteiger partial charge in [-0.15, -0.1) is 0 Å². The van der Waals surface area contributed by atoms with Crippen LogP contribution in [-0.2, 0) is 0 Å². The maximum Gasteiger partial charge on any atom is 0.336 e. The van der Waals surface area contributed by atoms with Crippen LogP contribution in [0.2, 0.25) is 5.02 Å². The summed E-state index contributed by atoms with van der Waals surface area (Å²) < 4.78 is 5.12. The van der Waals surface area contributed by atoms with E-state index in [-0.39, 0.29) is 5.63 Å². The van der Waals surface area contributed by atoms with Crippen LogP contribution in [0.5, 0.6) is 0 Å². The predicted molar refractivity (Wildman–Crippen MR) is 81.2 cm³/mol. The minimum absolute atomic E-state index is 0.365. The molecule has 20 heavy (non-hydrogen) atoms. The summed E-state index contributed by atoms with van der Waals surface area (Å²) in [5, 5.41) is 1.56. The molecule has 0 bridgehead atoms. The second-order valence-electron chi connectivity index (χ2n) is 4.29. The van der Waals surface area contributed by atoms with Gasteiger partial charge in [-0.1, -0.05) is 23.7 Å². The third-order valence-corrected chi connectivity index (χ3v) is 3.09. The fourth-order valence-corrected chi connectivity index (χ4v) is 1.95. The molecule has 4 heteroatoms. The number of benzene rings is 2. The minimum Gasteiger partial charge on any atom is -0.423 e. The number of nitrogens with zero attached hydrogens (tertiary/aromatic N) is 1. The van der Waals surface area contributed by atoms with Crippen molar-refractivity contribution in [2.75, 3.05) is 0 Å². The first-order valence-corrected chi connectivity index (χ1v) is 6.42. The Kier molecular flexibility index (Phi) is 3.35. The largest absolute Gasteiger partial charge is 0.423 e. The van der Waals surface area contributed by atoms with E-state index in [0.717, 1.165) is 16.6 Å². The molecular formula is C16H10ClNO2. The van der Waals surface area contributed by atoms with E-state index >= 15 is 0 Å². The quantitative estimate of drug-likeness (QED) is 0.522. The normalized spacial score (nSPS) is 11.2. The summed E-state index contributed by atoms with van der Waals surface area (Å²) in [6, 6.07) is 16.0. The number of fused-ring (bicyclic) bond motifs is 1. The van der Waals surface area contributed by atoms with E-state index in [1.54, 1.807) is 18.3 Å². The van der Waals surface area contributed by atoms with Crippen LogP contribution in [0.15, 0.2) is 68.8 Å². The van der Waals surface area contributed by atoms with Crippen molar-refractivity contribution in [3.63, 3.8) is 0 Å². The van der Waals surface area contributed by atoms with E-state index in [4.69, 9.17) is 16.0 Å². The first-order chi connectivity index (χ1) is 9.70. The average Bonchev–Trinajstić information content (AvgIpc) is 2.46. The van der Waals surface area contributed by atoms with Crippen molar-refractivity contribution in [2.24, 2.45) is 4.99 Å². The molecule has 0 unspecified atom stereocenters. The summed E-state index contributed by atoms with van der Waals surface area (Å²) in [4.78, 5) is 15.5. The van der Waals surface area contributed by atoms with Crippen molar-refractivity contribution in [1.29, 1.82) is 0 Å². The SMILES string of the molecule is O=c1ccc2ccc(N=Cc3ccc(Cl)cc3)cc2o1. The fraction of sp³-hybridized carbons (Fsp3) is 0. The van der Waals surface area contributed by atoms with E-state index in [9.17, 15) is 4.79 Å². The molecule has 0 N–H and O–H groups in total. The zero-order chi connectivity index (χ0) is 13.9. The molecule has 2 aromatic carbocycles. The summed E-state index contributed by atoms with van der Waals surface area (Å²) in [5.74, 6) is 0. The lowest BCUT2D eigenvalue weighted by Crippen LogP contribution is -1.93. The molecule has 0 aliphatic heterocycles. The third kappa shape index (κ3) is 2.78. The molecule has 0 atom stereocenters. The molecular weight excluding hydrogens is 274 g/mol. The van der Waals surface area contributed by atoms with Crippen LogP contribution < -0.4 is 5.63 Å². The van der Waals surface area contributed by atoms with Crippen LogP contribution in [0.4, 0.5) is 5.69 Å². The molecule has 3 aromatic rings. The number of hydrogen-bond donors (Lipinski definition) is 0. The Morgan fingerprint density at radius 1 is 1.00 bits per heavy atom. The molecule has 98 valence electrons. The molecule has 0 aliphatic rings. The highest BCUT2D eigenvalue weighted by molar-refractivity contribution is 6.30. The third-order valence-electron chi connectivity index (χ3n) is 2.84. The summed E-state index contributed by atoms with van der Waals surface area (Å²) in [6.07, 6.45) is 1.73. The molecule has 0 fully saturated rings. The van der Waals surface area contributed by atoms with Gasteiger partial charge in [-0.05, 0) is 35.9 Å². The van der Waals surface area contributed by atoms with Gasteiger partial charge in [0, 0.05) is 28.8 Å². The smallest absolute Gasteiger partial charge is 0.336 e. The Labute approximate surface area is 120 Å². The van der Waals surface area contributed by atoms with Crippen molar-refractivity contribution < 1.29 is 4.42 Å². The first-order valence-electron chi connectivity index (χ1n) is 6.04. The van der Waals surface area contributed by atoms with Crippen LogP contribution in [0.25, 0.3) is 11.0 Å². The Morgan fingerprint density at radius 2 is 1.75 bits per heavy atom. The summed E-state index contributed by atoms with van der Waals surface area (Å²) in [7, 11) is 0. The molecule has 0 saturated heterocycles. The highest BCUT2D eigenvalue weighted by Crippen LogP contribution is 2.20. The van der Waals surface area contributed by atoms with Gasteiger partial charge in [0.15, 0.2) is 0 Å². The Bertz CT molecular complexity index is 835. The zero-order valence-corrected chi connectivity index (χ0v) is 11.2. The van der Waals surface area contributed by atoms with Crippen LogP contribution in [0, 0.1) is 0 Å². The van der Waals surface area contributed by atoms with Gasteiger partial charge in [-0.2, -0.15) is 0 Å². The monoisotopic (exact) mass is 283 g/mol. The van der Waals surface area contributed by atoms with Crippen LogP contribution in [0.1, 0.15) is 5.56 Å². The van der Waals surface area contributed by atoms with Gasteiger partial charge in [0.25, 0.3) is 0 Å². The lowest BCUT2D eigenvalue weighted by molar-refractivity contribution is 0.561. The molecule has 0 radical (unpaired) electrons. The second kappa shape index (κ2) is 5.31. The van der Waals surface area contributed by atoms with Gasteiger partial charge in [0.1, 0.15) is 5.58 Å². The summed E-state index contributed by atoms with van der Waals surface area (Å²) in [5.41, 5.74) is 1.84. The van der Waals surface area contributed by atoms with Gasteiger partial charge in [0.05, 0.1) is 5.69 Å². The lowest BCUT2D eigenvalue weighted by Gasteiger charge is -1.98. The fourth-order valence-electron chi connectivity index (χ4n) is 1.83. The molecule has 0 amide bonds. The zero-order valence-electron chi connectivity index (χ0n) is 10.4. The topological polar surface area (TPSA) is 42.6 Å². The van der Waals surface area contributed by atoms with Crippen molar-refractivity contribution in [2.45, 2.75) is 0 Å². The van der Waals surface area contributed by atoms with Gasteiger partial charge in [0.2, 0.25) is 0 Å². The minimum atomic E-state index is -0.365. The van der Waals surface area contributed by atoms with Gasteiger partial charge >= 0.3 is 5.63 Å². The molecule has 1 aromatic heterocycles. The molecule has 0 spiro atoms. The first kappa shape index (κ1) is 12.6. The van der Waals surface area contributed by atoms with E-state index < -0.39 is 0 Å². The van der Waals surface area contributed by atoms with Gasteiger partial charge < -0.3 is 4.42 Å². The van der Waals surface area contributed by atoms with E-state index in [1.807, 2.05) is 36.4 Å². The molecule has 0 saturated carbocycles. The Morgan fingerprint density at radius 3 is 2.55 bits per heavy atom. The number of aliphatic imine (C=N–C) groups is 1. The predicted octanol–water partition coefficient (Wildman–Crippen LogP) is 4.20. The summed E-state index contributed by atoms with van der Waals surface area (Å²) in [6.45, 7) is 0.